The molecule has 0 aromatic heterocycles. The minimum atomic E-state index is -1.81. The number of hydrogen-bond acceptors (Lipinski definition) is 8. The first-order valence-electron chi connectivity index (χ1n) is 14.5. The number of ether oxygens (including phenoxy) is 3. The van der Waals surface area contributed by atoms with Crippen molar-refractivity contribution < 1.29 is 37.9 Å². The quantitative estimate of drug-likeness (QED) is 0.0877. The third-order valence-corrected chi connectivity index (χ3v) is 7.26. The Morgan fingerprint density at radius 3 is 2.29 bits per heavy atom. The molecule has 0 spiro atoms. The number of carbonyl (C=O) groups excluding carboxylic acids is 4. The van der Waals surface area contributed by atoms with Crippen molar-refractivity contribution in [3.63, 3.8) is 0 Å². The predicted octanol–water partition coefficient (Wildman–Crippen LogP) is 6.26. The van der Waals surface area contributed by atoms with E-state index >= 15 is 0 Å². The van der Waals surface area contributed by atoms with Crippen molar-refractivity contribution in [2.45, 2.75) is 94.7 Å². The Kier molecular flexibility index (Phi) is 14.5. The van der Waals surface area contributed by atoms with Gasteiger partial charge in [-0.05, 0) is 32.8 Å². The van der Waals surface area contributed by atoms with Crippen molar-refractivity contribution in [2.75, 3.05) is 26.2 Å². The number of unbranched alkanes of at least 4 members (excludes halogenated alkanes) is 4. The topological polar surface area (TPSA) is 108 Å². The van der Waals surface area contributed by atoms with Crippen molar-refractivity contribution >= 4 is 58.7 Å². The maximum atomic E-state index is 14.5. The van der Waals surface area contributed by atoms with Crippen molar-refractivity contribution in [3.8, 4) is 0 Å². The van der Waals surface area contributed by atoms with E-state index in [0.29, 0.717) is 12.8 Å². The Morgan fingerprint density at radius 1 is 1.00 bits per heavy atom. The van der Waals surface area contributed by atoms with E-state index < -0.39 is 56.4 Å². The molecule has 1 aliphatic rings. The lowest BCUT2D eigenvalue weighted by Crippen LogP contribution is -2.74. The van der Waals surface area contributed by atoms with Gasteiger partial charge in [-0.3, -0.25) is 4.79 Å². The standard InChI is InChI=1S/C30H44Cl3N2O7/c1-5-6-7-8-12-15-23(18-25(36)41-21-30(31,32)33)26(37)35(28(39)42-29(2,3)4)17-16-34-19-24(35)27(38)40-20-22-13-10-9-11-14-22/h9-11,13-14,23-24,34H,5-8,12,15-21H2,1-4H3/q+1/t23-,24?,35-/m1/s1. The second-order valence-corrected chi connectivity index (χ2v) is 14.1. The van der Waals surface area contributed by atoms with Crippen LogP contribution in [0.15, 0.2) is 30.3 Å². The maximum absolute atomic E-state index is 14.5. The minimum absolute atomic E-state index is 0.0134. The summed E-state index contributed by atoms with van der Waals surface area (Å²) in [4.78, 5) is 54.9. The molecule has 42 heavy (non-hydrogen) atoms. The fraction of sp³-hybridized carbons (Fsp3) is 0.667. The number of amides is 2. The minimum Gasteiger partial charge on any atom is -0.461 e. The van der Waals surface area contributed by atoms with Gasteiger partial charge in [0.15, 0.2) is 0 Å². The van der Waals surface area contributed by atoms with Crippen LogP contribution in [0.4, 0.5) is 4.79 Å². The number of nitrogens with zero attached hydrogens (tertiary/aromatic N) is 1. The number of nitrogens with one attached hydrogen (secondary N) is 1. The second-order valence-electron chi connectivity index (χ2n) is 11.6. The van der Waals surface area contributed by atoms with E-state index in [0.717, 1.165) is 31.2 Å². The van der Waals surface area contributed by atoms with Gasteiger partial charge in [-0.2, -0.15) is 4.79 Å². The normalized spacial score (nSPS) is 19.9. The van der Waals surface area contributed by atoms with Gasteiger partial charge in [-0.1, -0.05) is 104 Å². The summed E-state index contributed by atoms with van der Waals surface area (Å²) in [5.74, 6) is -2.99. The van der Waals surface area contributed by atoms with Crippen LogP contribution in [0.25, 0.3) is 0 Å². The number of halogens is 3. The molecular formula is C30H44Cl3N2O7+. The zero-order valence-electron chi connectivity index (χ0n) is 25.0. The number of esters is 2. The fourth-order valence-electron chi connectivity index (χ4n) is 4.87. The number of imide groups is 1. The van der Waals surface area contributed by atoms with Crippen LogP contribution in [0.3, 0.4) is 0 Å². The third kappa shape index (κ3) is 11.6. The zero-order valence-corrected chi connectivity index (χ0v) is 27.2. The van der Waals surface area contributed by atoms with Gasteiger partial charge in [-0.15, -0.1) is 4.48 Å². The average Bonchev–Trinajstić information content (AvgIpc) is 2.92. The summed E-state index contributed by atoms with van der Waals surface area (Å²) in [5.41, 5.74) is -0.178. The molecule has 1 N–H and O–H groups in total. The summed E-state index contributed by atoms with van der Waals surface area (Å²) in [5, 5.41) is 3.11. The Morgan fingerprint density at radius 2 is 1.67 bits per heavy atom. The molecule has 1 saturated heterocycles. The molecule has 1 fully saturated rings. The maximum Gasteiger partial charge on any atom is 0.524 e. The van der Waals surface area contributed by atoms with E-state index in [1.54, 1.807) is 20.8 Å². The van der Waals surface area contributed by atoms with Gasteiger partial charge in [0.25, 0.3) is 0 Å². The monoisotopic (exact) mass is 649 g/mol. The highest BCUT2D eigenvalue weighted by atomic mass is 35.6. The van der Waals surface area contributed by atoms with Crippen LogP contribution in [0.2, 0.25) is 0 Å². The van der Waals surface area contributed by atoms with Gasteiger partial charge in [-0.25, -0.2) is 9.59 Å². The van der Waals surface area contributed by atoms with Gasteiger partial charge < -0.3 is 19.5 Å². The summed E-state index contributed by atoms with van der Waals surface area (Å²) in [6.07, 6.45) is 3.66. The van der Waals surface area contributed by atoms with E-state index in [9.17, 15) is 19.2 Å². The second kappa shape index (κ2) is 16.8. The third-order valence-electron chi connectivity index (χ3n) is 6.93. The highest BCUT2D eigenvalue weighted by Gasteiger charge is 2.60. The molecule has 0 bridgehead atoms. The molecule has 1 aromatic carbocycles. The van der Waals surface area contributed by atoms with E-state index in [1.165, 1.54) is 0 Å². The SMILES string of the molecule is CCCCCCC[C@H](CC(=O)OCC(Cl)(Cl)Cl)C(=O)[N@@+]1(C(=O)OC(C)(C)C)CCNCC1C(=O)OCc1ccccc1. The van der Waals surface area contributed by atoms with Crippen molar-refractivity contribution in [2.24, 2.45) is 5.92 Å². The molecular weight excluding hydrogens is 607 g/mol. The van der Waals surface area contributed by atoms with E-state index in [4.69, 9.17) is 49.0 Å². The molecule has 9 nitrogen and oxygen atoms in total. The summed E-state index contributed by atoms with van der Waals surface area (Å²) >= 11 is 17.2. The highest BCUT2D eigenvalue weighted by Crippen LogP contribution is 2.31. The van der Waals surface area contributed by atoms with Crippen molar-refractivity contribution in [1.82, 2.24) is 5.32 Å². The Hall–Kier alpha value is -1.91. The first-order valence-corrected chi connectivity index (χ1v) is 15.6. The largest absolute Gasteiger partial charge is 0.524 e. The fourth-order valence-corrected chi connectivity index (χ4v) is 5.03. The molecule has 1 unspecified atom stereocenters. The molecule has 0 saturated carbocycles. The van der Waals surface area contributed by atoms with Crippen LogP contribution in [0, 0.1) is 5.92 Å². The summed E-state index contributed by atoms with van der Waals surface area (Å²) in [7, 11) is 0. The predicted molar refractivity (Wildman–Crippen MR) is 162 cm³/mol. The number of carbonyl (C=O) groups is 4. The van der Waals surface area contributed by atoms with Gasteiger partial charge >= 0.3 is 23.9 Å². The van der Waals surface area contributed by atoms with Crippen LogP contribution >= 0.6 is 34.8 Å². The number of quaternary nitrogens is 1. The molecule has 1 heterocycles. The van der Waals surface area contributed by atoms with Crippen molar-refractivity contribution in [3.05, 3.63) is 35.9 Å². The Labute approximate surface area is 264 Å². The number of benzene rings is 1. The molecule has 236 valence electrons. The number of rotatable bonds is 13. The number of piperazine rings is 1. The average molecular weight is 651 g/mol. The molecule has 0 aliphatic carbocycles. The molecule has 12 heteroatoms. The van der Waals surface area contributed by atoms with E-state index in [2.05, 4.69) is 12.2 Å². The van der Waals surface area contributed by atoms with E-state index in [-0.39, 0.29) is 32.7 Å². The van der Waals surface area contributed by atoms with Gasteiger partial charge in [0, 0.05) is 6.54 Å². The molecule has 1 aliphatic heterocycles. The molecule has 2 rings (SSSR count). The van der Waals surface area contributed by atoms with E-state index in [1.807, 2.05) is 30.3 Å². The summed E-state index contributed by atoms with van der Waals surface area (Å²) < 4.78 is 13.8. The highest BCUT2D eigenvalue weighted by molar-refractivity contribution is 6.67. The molecule has 3 atom stereocenters. The Bertz CT molecular complexity index is 1040. The smallest absolute Gasteiger partial charge is 0.461 e. The van der Waals surface area contributed by atoms with Crippen LogP contribution in [-0.2, 0) is 35.2 Å². The first kappa shape index (κ1) is 36.3. The zero-order chi connectivity index (χ0) is 31.4. The lowest BCUT2D eigenvalue weighted by molar-refractivity contribution is -0.806. The van der Waals surface area contributed by atoms with Crippen LogP contribution < -0.4 is 5.32 Å². The number of alkyl halides is 3. The molecule has 2 amide bonds. The lowest BCUT2D eigenvalue weighted by atomic mass is 9.93. The Balaban J connectivity index is 2.43. The first-order chi connectivity index (χ1) is 19.7. The van der Waals surface area contributed by atoms with Crippen LogP contribution in [-0.4, -0.2) is 70.1 Å². The molecule has 1 aromatic rings. The van der Waals surface area contributed by atoms with Gasteiger partial charge in [0.05, 0.1) is 18.9 Å². The summed E-state index contributed by atoms with van der Waals surface area (Å²) in [6.45, 7) is 6.90. The molecule has 0 radical (unpaired) electrons. The van der Waals surface area contributed by atoms with Crippen LogP contribution in [0.5, 0.6) is 0 Å². The van der Waals surface area contributed by atoms with Crippen LogP contribution in [0.1, 0.15) is 78.2 Å². The van der Waals surface area contributed by atoms with Gasteiger partial charge in [0.2, 0.25) is 9.83 Å². The van der Waals surface area contributed by atoms with Gasteiger partial charge in [0.1, 0.15) is 25.4 Å². The number of hydrogen-bond donors (Lipinski definition) is 1. The lowest BCUT2D eigenvalue weighted by Gasteiger charge is -2.42. The van der Waals surface area contributed by atoms with Crippen molar-refractivity contribution in [1.29, 1.82) is 0 Å². The summed E-state index contributed by atoms with van der Waals surface area (Å²) in [6, 6.07) is 7.89.